The van der Waals surface area contributed by atoms with Gasteiger partial charge in [0.1, 0.15) is 0 Å². The number of aromatic nitrogens is 2. The maximum Gasteiger partial charge on any atom is 0.416 e. The first-order valence-electron chi connectivity index (χ1n) is 21.0. The molecule has 2 aromatic heterocycles. The van der Waals surface area contributed by atoms with Gasteiger partial charge in [-0.2, -0.15) is 13.2 Å². The minimum absolute atomic E-state index is 0.667. The zero-order valence-electron chi connectivity index (χ0n) is 33.7. The second-order valence-corrected chi connectivity index (χ2v) is 16.3. The van der Waals surface area contributed by atoms with E-state index in [9.17, 15) is 13.2 Å². The Morgan fingerprint density at radius 1 is 0.317 bits per heavy atom. The summed E-state index contributed by atoms with van der Waals surface area (Å²) >= 11 is 0. The highest BCUT2D eigenvalue weighted by atomic mass is 19.4. The van der Waals surface area contributed by atoms with Crippen molar-refractivity contribution in [3.05, 3.63) is 218 Å². The van der Waals surface area contributed by atoms with Crippen molar-refractivity contribution in [2.45, 2.75) is 6.18 Å². The lowest BCUT2D eigenvalue weighted by Gasteiger charge is -2.15. The van der Waals surface area contributed by atoms with E-state index in [1.165, 1.54) is 27.1 Å². The van der Waals surface area contributed by atoms with Crippen molar-refractivity contribution in [2.24, 2.45) is 0 Å². The molecule has 0 atom stereocenters. The lowest BCUT2D eigenvalue weighted by atomic mass is 9.91. The van der Waals surface area contributed by atoms with Gasteiger partial charge in [0, 0.05) is 21.9 Å². The van der Waals surface area contributed by atoms with E-state index < -0.39 is 11.7 Å². The molecule has 0 N–H and O–H groups in total. The van der Waals surface area contributed by atoms with Crippen LogP contribution in [0.4, 0.5) is 13.2 Å². The Balaban J connectivity index is 1.16. The van der Waals surface area contributed by atoms with Crippen LogP contribution in [0.5, 0.6) is 0 Å². The second kappa shape index (κ2) is 14.3. The lowest BCUT2D eigenvalue weighted by molar-refractivity contribution is -0.137. The first-order chi connectivity index (χ1) is 30.8. The third kappa shape index (κ3) is 6.23. The summed E-state index contributed by atoms with van der Waals surface area (Å²) in [5.74, 6) is 0. The molecule has 0 radical (unpaired) electrons. The SMILES string of the molecule is FC(F)(F)c1ccc(-c2ccc3c(c2)c2cc4c5ccccc5c5cc(-c6ccc7ccccc7c6)ccc5c4cc2n3-c2cc(-c3ccccc3)nc(-c3ccccc3)c2)cc1. The van der Waals surface area contributed by atoms with Crippen molar-refractivity contribution in [1.82, 2.24) is 9.55 Å². The Morgan fingerprint density at radius 3 is 1.49 bits per heavy atom. The summed E-state index contributed by atoms with van der Waals surface area (Å²) in [6.45, 7) is 0. The highest BCUT2D eigenvalue weighted by Crippen LogP contribution is 2.44. The molecule has 0 amide bonds. The van der Waals surface area contributed by atoms with Gasteiger partial charge < -0.3 is 4.57 Å². The first kappa shape index (κ1) is 36.8. The summed E-state index contributed by atoms with van der Waals surface area (Å²) < 4.78 is 43.2. The molecule has 0 aliphatic carbocycles. The van der Waals surface area contributed by atoms with Crippen molar-refractivity contribution in [3.8, 4) is 50.5 Å². The fourth-order valence-electron chi connectivity index (χ4n) is 9.48. The van der Waals surface area contributed by atoms with Crippen LogP contribution in [0.25, 0.3) is 115 Å². The Hall–Kier alpha value is -8.02. The number of hydrogen-bond acceptors (Lipinski definition) is 1. The topological polar surface area (TPSA) is 17.8 Å². The predicted molar refractivity (Wildman–Crippen MR) is 255 cm³/mol. The van der Waals surface area contributed by atoms with Crippen LogP contribution in [0.2, 0.25) is 0 Å². The molecule has 0 bridgehead atoms. The molecule has 0 spiro atoms. The molecule has 298 valence electrons. The quantitative estimate of drug-likeness (QED) is 0.158. The highest BCUT2D eigenvalue weighted by Gasteiger charge is 2.30. The molecule has 2 heterocycles. The molecule has 12 rings (SSSR count). The number of nitrogens with zero attached hydrogens (tertiary/aromatic N) is 2. The molecule has 2 nitrogen and oxygen atoms in total. The van der Waals surface area contributed by atoms with Gasteiger partial charge in [-0.25, -0.2) is 4.98 Å². The van der Waals surface area contributed by atoms with Gasteiger partial charge in [0.2, 0.25) is 0 Å². The summed E-state index contributed by atoms with van der Waals surface area (Å²) in [6.07, 6.45) is -4.41. The molecule has 0 saturated carbocycles. The van der Waals surface area contributed by atoms with Crippen LogP contribution < -0.4 is 0 Å². The van der Waals surface area contributed by atoms with E-state index in [1.54, 1.807) is 12.1 Å². The van der Waals surface area contributed by atoms with Crippen LogP contribution in [0.15, 0.2) is 212 Å². The zero-order chi connectivity index (χ0) is 42.2. The molecule has 10 aromatic carbocycles. The maximum atomic E-state index is 13.6. The van der Waals surface area contributed by atoms with E-state index in [1.807, 2.05) is 42.5 Å². The normalized spacial score (nSPS) is 12.0. The van der Waals surface area contributed by atoms with E-state index in [0.29, 0.717) is 5.56 Å². The fraction of sp³-hybridized carbons (Fsp3) is 0.0172. The lowest BCUT2D eigenvalue weighted by Crippen LogP contribution is -2.03. The molecule has 12 aromatic rings. The average molecular weight is 817 g/mol. The number of pyridine rings is 1. The number of halogens is 3. The Morgan fingerprint density at radius 2 is 0.810 bits per heavy atom. The highest BCUT2D eigenvalue weighted by molar-refractivity contribution is 6.29. The average Bonchev–Trinajstić information content (AvgIpc) is 3.66. The van der Waals surface area contributed by atoms with Crippen molar-refractivity contribution in [1.29, 1.82) is 0 Å². The van der Waals surface area contributed by atoms with Gasteiger partial charge in [0.15, 0.2) is 0 Å². The molecule has 0 aliphatic rings. The summed E-state index contributed by atoms with van der Waals surface area (Å²) in [5.41, 5.74) is 9.86. The van der Waals surface area contributed by atoms with Crippen molar-refractivity contribution in [3.63, 3.8) is 0 Å². The number of hydrogen-bond donors (Lipinski definition) is 0. The van der Waals surface area contributed by atoms with Crippen LogP contribution in [-0.2, 0) is 6.18 Å². The molecule has 0 fully saturated rings. The largest absolute Gasteiger partial charge is 0.416 e. The van der Waals surface area contributed by atoms with Crippen molar-refractivity contribution in [2.75, 3.05) is 0 Å². The zero-order valence-corrected chi connectivity index (χ0v) is 33.7. The molecular weight excluding hydrogens is 782 g/mol. The second-order valence-electron chi connectivity index (χ2n) is 16.3. The Bertz CT molecular complexity index is 3700. The van der Waals surface area contributed by atoms with Crippen LogP contribution >= 0.6 is 0 Å². The van der Waals surface area contributed by atoms with Crippen molar-refractivity contribution >= 4 is 64.9 Å². The molecular formula is C58H35F3N2. The van der Waals surface area contributed by atoms with Gasteiger partial charge in [0.05, 0.1) is 33.7 Å². The number of rotatable bonds is 5. The van der Waals surface area contributed by atoms with Gasteiger partial charge in [-0.1, -0.05) is 152 Å². The molecule has 63 heavy (non-hydrogen) atoms. The summed E-state index contributed by atoms with van der Waals surface area (Å²) in [6, 6.07) is 71.7. The van der Waals surface area contributed by atoms with Crippen LogP contribution in [0, 0.1) is 0 Å². The van der Waals surface area contributed by atoms with Crippen LogP contribution in [-0.4, -0.2) is 9.55 Å². The standard InChI is InChI=1S/C58H35F3N2/c59-58(60,61)44-25-21-37(22-26-44)42-24-28-56-52(31-42)53-34-50-47-18-10-9-17-46(47)49-30-43(41-20-19-36-11-7-8-16-40(36)29-41)23-27-48(49)51(50)35-57(53)63(56)45-32-54(38-12-3-1-4-13-38)62-55(33-45)39-14-5-2-6-15-39/h1-35H. The van der Waals surface area contributed by atoms with E-state index in [4.69, 9.17) is 4.98 Å². The van der Waals surface area contributed by atoms with Gasteiger partial charge in [-0.05, 0) is 126 Å². The third-order valence-electron chi connectivity index (χ3n) is 12.6. The summed E-state index contributed by atoms with van der Waals surface area (Å²) in [5, 5.41) is 11.4. The fourth-order valence-corrected chi connectivity index (χ4v) is 9.48. The van der Waals surface area contributed by atoms with E-state index in [2.05, 4.69) is 150 Å². The Kier molecular flexibility index (Phi) is 8.35. The number of fused-ring (bicyclic) bond motifs is 10. The molecule has 0 aliphatic heterocycles. The minimum atomic E-state index is -4.41. The van der Waals surface area contributed by atoms with Crippen LogP contribution in [0.1, 0.15) is 5.56 Å². The molecule has 0 saturated heterocycles. The van der Waals surface area contributed by atoms with E-state index in [-0.39, 0.29) is 0 Å². The van der Waals surface area contributed by atoms with E-state index in [0.717, 1.165) is 94.8 Å². The van der Waals surface area contributed by atoms with E-state index >= 15 is 0 Å². The monoisotopic (exact) mass is 816 g/mol. The van der Waals surface area contributed by atoms with Crippen LogP contribution in [0.3, 0.4) is 0 Å². The van der Waals surface area contributed by atoms with Gasteiger partial charge in [-0.15, -0.1) is 0 Å². The third-order valence-corrected chi connectivity index (χ3v) is 12.6. The van der Waals surface area contributed by atoms with Gasteiger partial charge in [-0.3, -0.25) is 0 Å². The first-order valence-corrected chi connectivity index (χ1v) is 21.0. The summed E-state index contributed by atoms with van der Waals surface area (Å²) in [4.78, 5) is 5.20. The number of alkyl halides is 3. The molecule has 0 unspecified atom stereocenters. The predicted octanol–water partition coefficient (Wildman–Crippen LogP) is 16.5. The Labute approximate surface area is 360 Å². The maximum absolute atomic E-state index is 13.6. The summed E-state index contributed by atoms with van der Waals surface area (Å²) in [7, 11) is 0. The smallest absolute Gasteiger partial charge is 0.309 e. The van der Waals surface area contributed by atoms with Gasteiger partial charge in [0.25, 0.3) is 0 Å². The van der Waals surface area contributed by atoms with Crippen molar-refractivity contribution < 1.29 is 13.2 Å². The van der Waals surface area contributed by atoms with Gasteiger partial charge >= 0.3 is 6.18 Å². The minimum Gasteiger partial charge on any atom is -0.309 e. The molecule has 5 heteroatoms. The number of benzene rings is 10.